The van der Waals surface area contributed by atoms with Gasteiger partial charge in [0.1, 0.15) is 0 Å². The van der Waals surface area contributed by atoms with Gasteiger partial charge in [0, 0.05) is 43.3 Å². The fraction of sp³-hybridized carbons (Fsp3) is 0.444. The van der Waals surface area contributed by atoms with Crippen LogP contribution in [0.25, 0.3) is 0 Å². The molecule has 2 heterocycles. The second-order valence-electron chi connectivity index (χ2n) is 7.01. The SMILES string of the molecule is CC(C)(C)c1cc(=O)[nH]c(N2CCN(c3ccccc3)CC2)n1. The first kappa shape index (κ1) is 15.6. The maximum atomic E-state index is 12.0. The zero-order valence-corrected chi connectivity index (χ0v) is 14.0. The lowest BCUT2D eigenvalue weighted by Gasteiger charge is -2.36. The van der Waals surface area contributed by atoms with E-state index in [0.29, 0.717) is 5.95 Å². The number of para-hydroxylation sites is 1. The zero-order chi connectivity index (χ0) is 16.4. The van der Waals surface area contributed by atoms with Gasteiger partial charge in [0.15, 0.2) is 0 Å². The van der Waals surface area contributed by atoms with Crippen molar-refractivity contribution >= 4 is 11.6 Å². The first-order valence-corrected chi connectivity index (χ1v) is 8.10. The van der Waals surface area contributed by atoms with Crippen molar-refractivity contribution in [3.63, 3.8) is 0 Å². The molecule has 2 aromatic rings. The van der Waals surface area contributed by atoms with Crippen molar-refractivity contribution in [3.8, 4) is 0 Å². The van der Waals surface area contributed by atoms with Crippen molar-refractivity contribution < 1.29 is 0 Å². The predicted octanol–water partition coefficient (Wildman–Crippen LogP) is 2.39. The molecule has 0 unspecified atom stereocenters. The van der Waals surface area contributed by atoms with Crippen LogP contribution in [0.3, 0.4) is 0 Å². The first-order valence-electron chi connectivity index (χ1n) is 8.10. The van der Waals surface area contributed by atoms with Crippen molar-refractivity contribution in [1.29, 1.82) is 0 Å². The average Bonchev–Trinajstić information content (AvgIpc) is 2.54. The Balaban J connectivity index is 1.75. The van der Waals surface area contributed by atoms with E-state index in [1.165, 1.54) is 5.69 Å². The third kappa shape index (κ3) is 3.55. The Kier molecular flexibility index (Phi) is 4.11. The normalized spacial score (nSPS) is 15.8. The number of aromatic nitrogens is 2. The van der Waals surface area contributed by atoms with E-state index >= 15 is 0 Å². The Labute approximate surface area is 137 Å². The lowest BCUT2D eigenvalue weighted by Crippen LogP contribution is -2.47. The third-order valence-electron chi connectivity index (χ3n) is 4.20. The summed E-state index contributed by atoms with van der Waals surface area (Å²) in [7, 11) is 0. The van der Waals surface area contributed by atoms with Crippen molar-refractivity contribution in [2.24, 2.45) is 0 Å². The van der Waals surface area contributed by atoms with Crippen LogP contribution >= 0.6 is 0 Å². The Bertz CT molecular complexity index is 710. The number of anilines is 2. The Morgan fingerprint density at radius 3 is 2.22 bits per heavy atom. The van der Waals surface area contributed by atoms with Crippen LogP contribution in [-0.2, 0) is 5.41 Å². The summed E-state index contributed by atoms with van der Waals surface area (Å²) in [6.45, 7) is 9.78. The Morgan fingerprint density at radius 2 is 1.61 bits per heavy atom. The number of nitrogens with one attached hydrogen (secondary N) is 1. The van der Waals surface area contributed by atoms with Crippen LogP contribution in [0.2, 0.25) is 0 Å². The summed E-state index contributed by atoms with van der Waals surface area (Å²) in [6.07, 6.45) is 0. The molecule has 1 saturated heterocycles. The second-order valence-corrected chi connectivity index (χ2v) is 7.01. The fourth-order valence-electron chi connectivity index (χ4n) is 2.79. The molecule has 5 nitrogen and oxygen atoms in total. The zero-order valence-electron chi connectivity index (χ0n) is 14.0. The summed E-state index contributed by atoms with van der Waals surface area (Å²) in [5.74, 6) is 0.690. The molecule has 0 saturated carbocycles. The van der Waals surface area contributed by atoms with E-state index in [2.05, 4.69) is 64.8 Å². The maximum Gasteiger partial charge on any atom is 0.252 e. The third-order valence-corrected chi connectivity index (χ3v) is 4.20. The molecule has 1 aromatic carbocycles. The number of rotatable bonds is 2. The Morgan fingerprint density at radius 1 is 1.00 bits per heavy atom. The lowest BCUT2D eigenvalue weighted by atomic mass is 9.92. The van der Waals surface area contributed by atoms with Crippen LogP contribution in [0.5, 0.6) is 0 Å². The molecule has 0 spiro atoms. The molecule has 122 valence electrons. The minimum atomic E-state index is -0.130. The molecule has 1 fully saturated rings. The van der Waals surface area contributed by atoms with Crippen molar-refractivity contribution in [1.82, 2.24) is 9.97 Å². The van der Waals surface area contributed by atoms with E-state index in [9.17, 15) is 4.79 Å². The monoisotopic (exact) mass is 312 g/mol. The number of benzene rings is 1. The average molecular weight is 312 g/mol. The van der Waals surface area contributed by atoms with Crippen LogP contribution < -0.4 is 15.4 Å². The molecular weight excluding hydrogens is 288 g/mol. The van der Waals surface area contributed by atoms with Crippen LogP contribution in [0.1, 0.15) is 26.5 Å². The summed E-state index contributed by atoms with van der Waals surface area (Å²) < 4.78 is 0. The molecule has 1 N–H and O–H groups in total. The highest BCUT2D eigenvalue weighted by Crippen LogP contribution is 2.21. The molecule has 3 rings (SSSR count). The minimum absolute atomic E-state index is 0.0783. The van der Waals surface area contributed by atoms with E-state index in [-0.39, 0.29) is 11.0 Å². The van der Waals surface area contributed by atoms with Crippen molar-refractivity contribution in [3.05, 3.63) is 52.4 Å². The lowest BCUT2D eigenvalue weighted by molar-refractivity contribution is 0.560. The highest BCUT2D eigenvalue weighted by molar-refractivity contribution is 5.48. The minimum Gasteiger partial charge on any atom is -0.368 e. The van der Waals surface area contributed by atoms with E-state index in [1.807, 2.05) is 6.07 Å². The van der Waals surface area contributed by atoms with Crippen molar-refractivity contribution in [2.75, 3.05) is 36.0 Å². The Hall–Kier alpha value is -2.30. The summed E-state index contributed by atoms with van der Waals surface area (Å²) in [5.41, 5.74) is 1.87. The standard InChI is InChI=1S/C18H24N4O/c1-18(2,3)15-13-16(23)20-17(19-15)22-11-9-21(10-12-22)14-7-5-4-6-8-14/h4-8,13H,9-12H2,1-3H3,(H,19,20,23). The molecule has 1 aliphatic rings. The molecule has 1 aliphatic heterocycles. The van der Waals surface area contributed by atoms with Gasteiger partial charge >= 0.3 is 0 Å². The van der Waals surface area contributed by atoms with Crippen LogP contribution in [0.4, 0.5) is 11.6 Å². The van der Waals surface area contributed by atoms with Gasteiger partial charge in [-0.2, -0.15) is 0 Å². The maximum absolute atomic E-state index is 12.0. The summed E-state index contributed by atoms with van der Waals surface area (Å²) >= 11 is 0. The van der Waals surface area contributed by atoms with Gasteiger partial charge in [-0.25, -0.2) is 4.98 Å². The van der Waals surface area contributed by atoms with Gasteiger partial charge in [0.25, 0.3) is 5.56 Å². The van der Waals surface area contributed by atoms with Gasteiger partial charge in [-0.15, -0.1) is 0 Å². The molecule has 5 heteroatoms. The van der Waals surface area contributed by atoms with E-state index in [4.69, 9.17) is 0 Å². The number of H-pyrrole nitrogens is 1. The predicted molar refractivity (Wildman–Crippen MR) is 94.4 cm³/mol. The van der Waals surface area contributed by atoms with Gasteiger partial charge in [0.2, 0.25) is 5.95 Å². The van der Waals surface area contributed by atoms with Gasteiger partial charge in [0.05, 0.1) is 5.69 Å². The molecule has 1 aromatic heterocycles. The van der Waals surface area contributed by atoms with Gasteiger partial charge < -0.3 is 9.80 Å². The topological polar surface area (TPSA) is 52.2 Å². The first-order chi connectivity index (χ1) is 10.9. The second kappa shape index (κ2) is 6.07. The molecule has 0 radical (unpaired) electrons. The van der Waals surface area contributed by atoms with Crippen LogP contribution in [0.15, 0.2) is 41.2 Å². The molecular formula is C18H24N4O. The molecule has 0 amide bonds. The number of nitrogens with zero attached hydrogens (tertiary/aromatic N) is 3. The molecule has 0 atom stereocenters. The van der Waals surface area contributed by atoms with Crippen molar-refractivity contribution in [2.45, 2.75) is 26.2 Å². The fourth-order valence-corrected chi connectivity index (χ4v) is 2.79. The molecule has 0 aliphatic carbocycles. The number of aromatic amines is 1. The van der Waals surface area contributed by atoms with Gasteiger partial charge in [-0.3, -0.25) is 9.78 Å². The van der Waals surface area contributed by atoms with Crippen LogP contribution in [-0.4, -0.2) is 36.1 Å². The highest BCUT2D eigenvalue weighted by Gasteiger charge is 2.22. The van der Waals surface area contributed by atoms with Gasteiger partial charge in [-0.05, 0) is 12.1 Å². The summed E-state index contributed by atoms with van der Waals surface area (Å²) in [4.78, 5) is 24.0. The number of piperazine rings is 1. The number of hydrogen-bond donors (Lipinski definition) is 1. The quantitative estimate of drug-likeness (QED) is 0.925. The van der Waals surface area contributed by atoms with E-state index in [1.54, 1.807) is 6.07 Å². The highest BCUT2D eigenvalue weighted by atomic mass is 16.1. The number of hydrogen-bond acceptors (Lipinski definition) is 4. The smallest absolute Gasteiger partial charge is 0.252 e. The molecule has 0 bridgehead atoms. The van der Waals surface area contributed by atoms with Crippen LogP contribution in [0, 0.1) is 0 Å². The summed E-state index contributed by atoms with van der Waals surface area (Å²) in [6, 6.07) is 12.0. The summed E-state index contributed by atoms with van der Waals surface area (Å²) in [5, 5.41) is 0. The largest absolute Gasteiger partial charge is 0.368 e. The van der Waals surface area contributed by atoms with E-state index in [0.717, 1.165) is 31.9 Å². The van der Waals surface area contributed by atoms with E-state index < -0.39 is 0 Å². The molecule has 23 heavy (non-hydrogen) atoms. The van der Waals surface area contributed by atoms with Gasteiger partial charge in [-0.1, -0.05) is 39.0 Å².